The summed E-state index contributed by atoms with van der Waals surface area (Å²) < 4.78 is 1.61. The zero-order valence-electron chi connectivity index (χ0n) is 14.3. The number of anilines is 1. The number of aromatic nitrogens is 6. The molecule has 3 N–H and O–H groups in total. The fourth-order valence-corrected chi connectivity index (χ4v) is 3.64. The molecule has 9 nitrogen and oxygen atoms in total. The standard InChI is InChI=1S/C18H15N7O2/c1-9-14-12(10-3-2-4-11(26)5-10)6-13(27)23-17(14)25(24-9)18-15-16(20-7-19-15)21-8-22-18/h2-5,7-8,12,26H,6H2,1H3,(H,23,27)(H,19,20,21,22). The van der Waals surface area contributed by atoms with Crippen LogP contribution in [0.25, 0.3) is 17.0 Å². The Balaban J connectivity index is 1.73. The van der Waals surface area contributed by atoms with Crippen LogP contribution in [-0.4, -0.2) is 40.7 Å². The first-order chi connectivity index (χ1) is 13.1. The van der Waals surface area contributed by atoms with E-state index in [9.17, 15) is 9.90 Å². The molecule has 0 saturated carbocycles. The minimum Gasteiger partial charge on any atom is -0.508 e. The number of aromatic hydroxyl groups is 1. The van der Waals surface area contributed by atoms with E-state index in [1.54, 1.807) is 29.2 Å². The molecule has 0 fully saturated rings. The molecule has 1 aliphatic rings. The molecule has 0 bridgehead atoms. The Labute approximate surface area is 153 Å². The van der Waals surface area contributed by atoms with Gasteiger partial charge in [0.2, 0.25) is 5.91 Å². The van der Waals surface area contributed by atoms with Crippen LogP contribution in [0, 0.1) is 6.92 Å². The summed E-state index contributed by atoms with van der Waals surface area (Å²) in [5, 5.41) is 17.4. The van der Waals surface area contributed by atoms with Crippen LogP contribution in [0.4, 0.5) is 5.82 Å². The van der Waals surface area contributed by atoms with Gasteiger partial charge in [-0.1, -0.05) is 12.1 Å². The van der Waals surface area contributed by atoms with E-state index in [0.717, 1.165) is 16.8 Å². The Morgan fingerprint density at radius 1 is 1.26 bits per heavy atom. The van der Waals surface area contributed by atoms with Crippen molar-refractivity contribution in [2.75, 3.05) is 5.32 Å². The number of rotatable bonds is 2. The van der Waals surface area contributed by atoms with Crippen molar-refractivity contribution in [3.63, 3.8) is 0 Å². The Kier molecular flexibility index (Phi) is 3.23. The second-order valence-electron chi connectivity index (χ2n) is 6.46. The van der Waals surface area contributed by atoms with E-state index in [-0.39, 0.29) is 24.0 Å². The number of fused-ring (bicyclic) bond motifs is 2. The number of nitrogens with one attached hydrogen (secondary N) is 2. The van der Waals surface area contributed by atoms with E-state index in [2.05, 4.69) is 30.4 Å². The third kappa shape index (κ3) is 2.35. The second-order valence-corrected chi connectivity index (χ2v) is 6.46. The number of aryl methyl sites for hydroxylation is 1. The van der Waals surface area contributed by atoms with E-state index in [4.69, 9.17) is 0 Å². The van der Waals surface area contributed by atoms with Gasteiger partial charge in [0.25, 0.3) is 0 Å². The number of nitrogens with zero attached hydrogens (tertiary/aromatic N) is 5. The molecule has 3 aromatic heterocycles. The smallest absolute Gasteiger partial charge is 0.226 e. The molecule has 4 heterocycles. The van der Waals surface area contributed by atoms with Crippen molar-refractivity contribution in [3.05, 3.63) is 53.7 Å². The predicted molar refractivity (Wildman–Crippen MR) is 96.7 cm³/mol. The zero-order chi connectivity index (χ0) is 18.5. The highest BCUT2D eigenvalue weighted by Crippen LogP contribution is 2.40. The lowest BCUT2D eigenvalue weighted by atomic mass is 9.86. The van der Waals surface area contributed by atoms with Crippen LogP contribution in [0.5, 0.6) is 5.75 Å². The Bertz CT molecular complexity index is 1190. The highest BCUT2D eigenvalue weighted by molar-refractivity contribution is 5.95. The first-order valence-electron chi connectivity index (χ1n) is 8.44. The maximum Gasteiger partial charge on any atom is 0.226 e. The van der Waals surface area contributed by atoms with Crippen LogP contribution in [0.1, 0.15) is 29.2 Å². The monoisotopic (exact) mass is 361 g/mol. The molecule has 134 valence electrons. The summed E-state index contributed by atoms with van der Waals surface area (Å²) in [6, 6.07) is 6.97. The molecule has 1 atom stereocenters. The SMILES string of the molecule is Cc1nn(-c2ncnc3nc[nH]c23)c2c1C(c1cccc(O)c1)CC(=O)N2. The Morgan fingerprint density at radius 3 is 3.00 bits per heavy atom. The number of H-pyrrole nitrogens is 1. The lowest BCUT2D eigenvalue weighted by Crippen LogP contribution is -2.25. The number of amides is 1. The third-order valence-corrected chi connectivity index (χ3v) is 4.78. The van der Waals surface area contributed by atoms with Crippen LogP contribution < -0.4 is 5.32 Å². The maximum atomic E-state index is 12.4. The number of carbonyl (C=O) groups is 1. The normalized spacial score (nSPS) is 16.3. The average Bonchev–Trinajstić information content (AvgIpc) is 3.25. The Morgan fingerprint density at radius 2 is 2.15 bits per heavy atom. The lowest BCUT2D eigenvalue weighted by Gasteiger charge is -2.24. The van der Waals surface area contributed by atoms with Crippen LogP contribution in [0.15, 0.2) is 36.9 Å². The van der Waals surface area contributed by atoms with Crippen molar-refractivity contribution in [2.45, 2.75) is 19.3 Å². The van der Waals surface area contributed by atoms with E-state index >= 15 is 0 Å². The second kappa shape index (κ2) is 5.63. The number of imidazole rings is 1. The van der Waals surface area contributed by atoms with Crippen LogP contribution >= 0.6 is 0 Å². The molecule has 0 radical (unpaired) electrons. The van der Waals surface area contributed by atoms with Gasteiger partial charge in [-0.05, 0) is 24.6 Å². The van der Waals surface area contributed by atoms with Gasteiger partial charge in [-0.3, -0.25) is 4.79 Å². The fourth-order valence-electron chi connectivity index (χ4n) is 3.64. The molecule has 0 saturated heterocycles. The van der Waals surface area contributed by atoms with Crippen molar-refractivity contribution in [1.29, 1.82) is 0 Å². The fraction of sp³-hybridized carbons (Fsp3) is 0.167. The summed E-state index contributed by atoms with van der Waals surface area (Å²) in [7, 11) is 0. The highest BCUT2D eigenvalue weighted by Gasteiger charge is 2.33. The summed E-state index contributed by atoms with van der Waals surface area (Å²) in [5.74, 6) is 0.936. The number of phenols is 1. The van der Waals surface area contributed by atoms with Gasteiger partial charge >= 0.3 is 0 Å². The molecular formula is C18H15N7O2. The van der Waals surface area contributed by atoms with Gasteiger partial charge in [0.15, 0.2) is 11.5 Å². The maximum absolute atomic E-state index is 12.4. The number of aromatic amines is 1. The minimum absolute atomic E-state index is 0.119. The van der Waals surface area contributed by atoms with Crippen LogP contribution in [-0.2, 0) is 4.79 Å². The van der Waals surface area contributed by atoms with Crippen molar-refractivity contribution in [3.8, 4) is 11.6 Å². The van der Waals surface area contributed by atoms with Crippen LogP contribution in [0.3, 0.4) is 0 Å². The van der Waals surface area contributed by atoms with Crippen molar-refractivity contribution in [2.24, 2.45) is 0 Å². The van der Waals surface area contributed by atoms with Crippen molar-refractivity contribution in [1.82, 2.24) is 29.7 Å². The van der Waals surface area contributed by atoms with E-state index < -0.39 is 0 Å². The Hall–Kier alpha value is -3.75. The molecule has 0 aliphatic carbocycles. The van der Waals surface area contributed by atoms with E-state index in [1.807, 2.05) is 13.0 Å². The summed E-state index contributed by atoms with van der Waals surface area (Å²) in [4.78, 5) is 28.1. The molecule has 1 aliphatic heterocycles. The van der Waals surface area contributed by atoms with Crippen LogP contribution in [0.2, 0.25) is 0 Å². The summed E-state index contributed by atoms with van der Waals surface area (Å²) in [5.41, 5.74) is 3.71. The van der Waals surface area contributed by atoms with E-state index in [1.165, 1.54) is 6.33 Å². The molecule has 4 aromatic rings. The molecule has 1 aromatic carbocycles. The van der Waals surface area contributed by atoms with Crippen molar-refractivity contribution >= 4 is 22.9 Å². The van der Waals surface area contributed by atoms with Gasteiger partial charge in [0.1, 0.15) is 23.4 Å². The van der Waals surface area contributed by atoms with Gasteiger partial charge in [-0.15, -0.1) is 0 Å². The lowest BCUT2D eigenvalue weighted by molar-refractivity contribution is -0.116. The van der Waals surface area contributed by atoms with Gasteiger partial charge in [0.05, 0.1) is 12.0 Å². The molecule has 27 heavy (non-hydrogen) atoms. The molecule has 9 heteroatoms. The number of hydrogen-bond acceptors (Lipinski definition) is 6. The largest absolute Gasteiger partial charge is 0.508 e. The molecule has 1 amide bonds. The van der Waals surface area contributed by atoms with Gasteiger partial charge in [-0.25, -0.2) is 15.0 Å². The zero-order valence-corrected chi connectivity index (χ0v) is 14.3. The minimum atomic E-state index is -0.200. The predicted octanol–water partition coefficient (Wildman–Crippen LogP) is 2.03. The van der Waals surface area contributed by atoms with E-state index in [0.29, 0.717) is 22.8 Å². The average molecular weight is 361 g/mol. The first-order valence-corrected chi connectivity index (χ1v) is 8.44. The molecular weight excluding hydrogens is 346 g/mol. The first kappa shape index (κ1) is 15.5. The van der Waals surface area contributed by atoms with Gasteiger partial charge in [-0.2, -0.15) is 9.78 Å². The number of hydrogen-bond donors (Lipinski definition) is 3. The van der Waals surface area contributed by atoms with Crippen molar-refractivity contribution < 1.29 is 9.90 Å². The number of phenolic OH excluding ortho intramolecular Hbond substituents is 1. The molecule has 5 rings (SSSR count). The summed E-state index contributed by atoms with van der Waals surface area (Å²) in [6.07, 6.45) is 3.24. The molecule has 1 unspecified atom stereocenters. The summed E-state index contributed by atoms with van der Waals surface area (Å²) >= 11 is 0. The molecule has 0 spiro atoms. The van der Waals surface area contributed by atoms with Gasteiger partial charge in [0, 0.05) is 17.9 Å². The topological polar surface area (TPSA) is 122 Å². The third-order valence-electron chi connectivity index (χ3n) is 4.78. The number of carbonyl (C=O) groups excluding carboxylic acids is 1. The van der Waals surface area contributed by atoms with Gasteiger partial charge < -0.3 is 15.4 Å². The quantitative estimate of drug-likeness (QED) is 0.502. The highest BCUT2D eigenvalue weighted by atomic mass is 16.3. The summed E-state index contributed by atoms with van der Waals surface area (Å²) in [6.45, 7) is 1.90. The number of benzene rings is 1.